The molecule has 0 unspecified atom stereocenters. The van der Waals surface area contributed by atoms with Crippen molar-refractivity contribution >= 4 is 5.91 Å². The van der Waals surface area contributed by atoms with E-state index in [2.05, 4.69) is 26.1 Å². The van der Waals surface area contributed by atoms with E-state index in [0.717, 1.165) is 12.0 Å². The zero-order valence-electron chi connectivity index (χ0n) is 12.0. The van der Waals surface area contributed by atoms with Gasteiger partial charge in [-0.15, -0.1) is 0 Å². The molecule has 4 heteroatoms. The van der Waals surface area contributed by atoms with Crippen LogP contribution in [0.25, 0.3) is 0 Å². The molecular weight excluding hydrogens is 245 g/mol. The number of nitrogens with one attached hydrogen (secondary N) is 1. The summed E-state index contributed by atoms with van der Waals surface area (Å²) in [6, 6.07) is 6.10. The molecule has 0 fully saturated rings. The van der Waals surface area contributed by atoms with Crippen LogP contribution >= 0.6 is 0 Å². The summed E-state index contributed by atoms with van der Waals surface area (Å²) in [5.41, 5.74) is 0.958. The smallest absolute Gasteiger partial charge is 0.246 e. The van der Waals surface area contributed by atoms with Crippen molar-refractivity contribution in [1.82, 2.24) is 5.32 Å². The second-order valence-electron chi connectivity index (χ2n) is 5.87. The van der Waals surface area contributed by atoms with Gasteiger partial charge >= 0.3 is 0 Å². The van der Waals surface area contributed by atoms with Crippen LogP contribution in [0.4, 0.5) is 4.39 Å². The summed E-state index contributed by atoms with van der Waals surface area (Å²) in [5, 5.41) is 2.92. The number of benzene rings is 1. The maximum absolute atomic E-state index is 13.0. The fourth-order valence-electron chi connectivity index (χ4n) is 1.93. The number of carbonyl (C=O) groups excluding carboxylic acids is 1. The Morgan fingerprint density at radius 1 is 1.32 bits per heavy atom. The lowest BCUT2D eigenvalue weighted by Crippen LogP contribution is -2.33. The minimum atomic E-state index is -0.276. The van der Waals surface area contributed by atoms with Crippen molar-refractivity contribution in [2.45, 2.75) is 33.2 Å². The van der Waals surface area contributed by atoms with Crippen molar-refractivity contribution in [3.8, 4) is 0 Å². The first-order valence-corrected chi connectivity index (χ1v) is 6.35. The third kappa shape index (κ3) is 5.83. The molecule has 0 aliphatic rings. The largest absolute Gasteiger partial charge is 0.375 e. The van der Waals surface area contributed by atoms with Crippen LogP contribution in [0.15, 0.2) is 24.3 Å². The van der Waals surface area contributed by atoms with Crippen molar-refractivity contribution in [3.63, 3.8) is 0 Å². The lowest BCUT2D eigenvalue weighted by molar-refractivity contribution is -0.125. The maximum atomic E-state index is 13.0. The molecule has 3 nitrogen and oxygen atoms in total. The normalized spacial score (nSPS) is 13.1. The van der Waals surface area contributed by atoms with Crippen LogP contribution in [0.2, 0.25) is 0 Å². The number of rotatable bonds is 5. The fourth-order valence-corrected chi connectivity index (χ4v) is 1.93. The van der Waals surface area contributed by atoms with E-state index in [4.69, 9.17) is 4.74 Å². The fraction of sp³-hybridized carbons (Fsp3) is 0.533. The average molecular weight is 267 g/mol. The van der Waals surface area contributed by atoms with Gasteiger partial charge in [0.25, 0.3) is 0 Å². The van der Waals surface area contributed by atoms with Gasteiger partial charge in [0, 0.05) is 7.11 Å². The molecule has 0 aromatic heterocycles. The van der Waals surface area contributed by atoms with Gasteiger partial charge < -0.3 is 10.1 Å². The zero-order chi connectivity index (χ0) is 14.5. The van der Waals surface area contributed by atoms with E-state index < -0.39 is 0 Å². The number of amides is 1. The average Bonchev–Trinajstić information content (AvgIpc) is 2.27. The summed E-state index contributed by atoms with van der Waals surface area (Å²) in [6.07, 6.45) is 0.772. The zero-order valence-corrected chi connectivity index (χ0v) is 12.0. The highest BCUT2D eigenvalue weighted by Crippen LogP contribution is 2.29. The van der Waals surface area contributed by atoms with Crippen LogP contribution in [0.3, 0.4) is 0 Å². The lowest BCUT2D eigenvalue weighted by Gasteiger charge is -2.27. The summed E-state index contributed by atoms with van der Waals surface area (Å²) in [6.45, 7) is 6.34. The van der Waals surface area contributed by atoms with E-state index in [9.17, 15) is 9.18 Å². The Morgan fingerprint density at radius 2 is 1.89 bits per heavy atom. The quantitative estimate of drug-likeness (QED) is 0.890. The molecule has 0 bridgehead atoms. The predicted octanol–water partition coefficient (Wildman–Crippen LogP) is 3.07. The number of hydrogen-bond acceptors (Lipinski definition) is 2. The second-order valence-corrected chi connectivity index (χ2v) is 5.87. The molecule has 0 saturated heterocycles. The minimum absolute atomic E-state index is 0.0296. The molecule has 0 radical (unpaired) electrons. The van der Waals surface area contributed by atoms with Crippen molar-refractivity contribution < 1.29 is 13.9 Å². The van der Waals surface area contributed by atoms with Gasteiger partial charge in [-0.3, -0.25) is 4.79 Å². The van der Waals surface area contributed by atoms with Crippen LogP contribution in [-0.4, -0.2) is 19.6 Å². The Balaban J connectivity index is 2.85. The SMILES string of the molecule is COCC(=O)N[C@@H](CC(C)(C)C)c1ccc(F)cc1. The molecule has 0 spiro atoms. The molecule has 1 amide bonds. The van der Waals surface area contributed by atoms with Crippen LogP contribution < -0.4 is 5.32 Å². The number of ether oxygens (including phenoxy) is 1. The number of halogens is 1. The van der Waals surface area contributed by atoms with Crippen molar-refractivity contribution in [2.75, 3.05) is 13.7 Å². The molecule has 1 atom stereocenters. The topological polar surface area (TPSA) is 38.3 Å². The molecule has 19 heavy (non-hydrogen) atoms. The van der Waals surface area contributed by atoms with E-state index in [1.54, 1.807) is 12.1 Å². The Hall–Kier alpha value is -1.42. The molecule has 1 aromatic carbocycles. The third-order valence-corrected chi connectivity index (χ3v) is 2.70. The van der Waals surface area contributed by atoms with E-state index in [1.165, 1.54) is 19.2 Å². The van der Waals surface area contributed by atoms with Crippen molar-refractivity contribution in [1.29, 1.82) is 0 Å². The van der Waals surface area contributed by atoms with Crippen LogP contribution in [0.5, 0.6) is 0 Å². The molecule has 0 saturated carbocycles. The molecule has 106 valence electrons. The highest BCUT2D eigenvalue weighted by Gasteiger charge is 2.21. The van der Waals surface area contributed by atoms with Gasteiger partial charge in [0.1, 0.15) is 12.4 Å². The third-order valence-electron chi connectivity index (χ3n) is 2.70. The molecule has 0 heterocycles. The first-order chi connectivity index (χ1) is 8.81. The maximum Gasteiger partial charge on any atom is 0.246 e. The molecule has 1 rings (SSSR count). The Bertz CT molecular complexity index is 409. The Kier molecular flexibility index (Phi) is 5.48. The van der Waals surface area contributed by atoms with E-state index in [0.29, 0.717) is 0 Å². The second kappa shape index (κ2) is 6.66. The minimum Gasteiger partial charge on any atom is -0.375 e. The first kappa shape index (κ1) is 15.6. The van der Waals surface area contributed by atoms with E-state index in [-0.39, 0.29) is 29.8 Å². The van der Waals surface area contributed by atoms with Gasteiger partial charge in [-0.25, -0.2) is 4.39 Å². The lowest BCUT2D eigenvalue weighted by atomic mass is 9.85. The van der Waals surface area contributed by atoms with Crippen LogP contribution in [0, 0.1) is 11.2 Å². The number of carbonyl (C=O) groups is 1. The summed E-state index contributed by atoms with van der Waals surface area (Å²) in [5.74, 6) is -0.442. The molecule has 1 N–H and O–H groups in total. The first-order valence-electron chi connectivity index (χ1n) is 6.35. The monoisotopic (exact) mass is 267 g/mol. The Labute approximate surface area is 114 Å². The van der Waals surface area contributed by atoms with E-state index >= 15 is 0 Å². The van der Waals surface area contributed by atoms with E-state index in [1.807, 2.05) is 0 Å². The van der Waals surface area contributed by atoms with Crippen LogP contribution in [0.1, 0.15) is 38.8 Å². The number of hydrogen-bond donors (Lipinski definition) is 1. The van der Waals surface area contributed by atoms with Gasteiger partial charge in [-0.1, -0.05) is 32.9 Å². The summed E-state index contributed by atoms with van der Waals surface area (Å²) >= 11 is 0. The molecule has 0 aliphatic heterocycles. The van der Waals surface area contributed by atoms with Gasteiger partial charge in [-0.05, 0) is 29.5 Å². The molecule has 1 aromatic rings. The summed E-state index contributed by atoms with van der Waals surface area (Å²) in [7, 11) is 1.48. The van der Waals surface area contributed by atoms with Crippen molar-refractivity contribution in [3.05, 3.63) is 35.6 Å². The van der Waals surface area contributed by atoms with Gasteiger partial charge in [0.05, 0.1) is 6.04 Å². The number of methoxy groups -OCH3 is 1. The van der Waals surface area contributed by atoms with Gasteiger partial charge in [-0.2, -0.15) is 0 Å². The Morgan fingerprint density at radius 3 is 2.37 bits per heavy atom. The molecule has 0 aliphatic carbocycles. The van der Waals surface area contributed by atoms with Crippen LogP contribution in [-0.2, 0) is 9.53 Å². The summed E-state index contributed by atoms with van der Waals surface area (Å²) in [4.78, 5) is 11.7. The standard InChI is InChI=1S/C15H22FNO2/c1-15(2,3)9-13(17-14(18)10-19-4)11-5-7-12(16)8-6-11/h5-8,13H,9-10H2,1-4H3,(H,17,18)/t13-/m0/s1. The predicted molar refractivity (Wildman–Crippen MR) is 73.2 cm³/mol. The van der Waals surface area contributed by atoms with Gasteiger partial charge in [0.2, 0.25) is 5.91 Å². The summed E-state index contributed by atoms with van der Waals surface area (Å²) < 4.78 is 17.8. The van der Waals surface area contributed by atoms with Crippen molar-refractivity contribution in [2.24, 2.45) is 5.41 Å². The highest BCUT2D eigenvalue weighted by molar-refractivity contribution is 5.77. The van der Waals surface area contributed by atoms with Gasteiger partial charge in [0.15, 0.2) is 0 Å². The highest BCUT2D eigenvalue weighted by atomic mass is 19.1. The molecular formula is C15H22FNO2.